The molecule has 2 aliphatic heterocycles. The number of halogens is 3. The van der Waals surface area contributed by atoms with E-state index in [-0.39, 0.29) is 12.3 Å². The maximum Gasteiger partial charge on any atom is 0.227 e. The largest absolute Gasteiger partial charge is 0.496 e. The van der Waals surface area contributed by atoms with Gasteiger partial charge in [0, 0.05) is 50.6 Å². The van der Waals surface area contributed by atoms with Crippen LogP contribution in [-0.2, 0) is 33.9 Å². The van der Waals surface area contributed by atoms with E-state index in [0.717, 1.165) is 46.0 Å². The van der Waals surface area contributed by atoms with E-state index in [1.54, 1.807) is 36.6 Å². The number of likely N-dealkylation sites (tertiary alicyclic amines) is 1. The summed E-state index contributed by atoms with van der Waals surface area (Å²) in [6.45, 7) is 2.01. The molecule has 1 aromatic heterocycles. The van der Waals surface area contributed by atoms with Gasteiger partial charge in [-0.1, -0.05) is 34.8 Å². The molecule has 10 heteroatoms. The molecule has 1 atom stereocenters. The third kappa shape index (κ3) is 5.52. The minimum Gasteiger partial charge on any atom is -0.496 e. The minimum absolute atomic E-state index is 0.0614. The number of carbonyl (C=O) groups is 1. The first-order chi connectivity index (χ1) is 17.4. The van der Waals surface area contributed by atoms with E-state index < -0.39 is 6.29 Å². The van der Waals surface area contributed by atoms with Crippen molar-refractivity contribution in [1.82, 2.24) is 9.88 Å². The van der Waals surface area contributed by atoms with E-state index in [1.165, 1.54) is 0 Å². The van der Waals surface area contributed by atoms with Gasteiger partial charge in [-0.2, -0.15) is 0 Å². The molecule has 1 amide bonds. The molecule has 0 saturated carbocycles. The molecule has 1 unspecified atom stereocenters. The first-order valence-electron chi connectivity index (χ1n) is 11.7. The fraction of sp³-hybridized carbons (Fsp3) is 0.385. The summed E-state index contributed by atoms with van der Waals surface area (Å²) < 4.78 is 17.5. The lowest BCUT2D eigenvalue weighted by molar-refractivity contribution is -0.155. The highest BCUT2D eigenvalue weighted by atomic mass is 35.5. The zero-order valence-electron chi connectivity index (χ0n) is 19.6. The van der Waals surface area contributed by atoms with Gasteiger partial charge in [-0.25, -0.2) is 4.98 Å². The van der Waals surface area contributed by atoms with Crippen molar-refractivity contribution in [1.29, 1.82) is 0 Å². The summed E-state index contributed by atoms with van der Waals surface area (Å²) in [4.78, 5) is 19.6. The summed E-state index contributed by atoms with van der Waals surface area (Å²) in [5, 5.41) is 4.80. The third-order valence-corrected chi connectivity index (χ3v) is 8.62. The maximum atomic E-state index is 12.8. The van der Waals surface area contributed by atoms with Gasteiger partial charge < -0.3 is 19.1 Å². The smallest absolute Gasteiger partial charge is 0.227 e. The van der Waals surface area contributed by atoms with Crippen LogP contribution in [0.25, 0.3) is 0 Å². The Bertz CT molecular complexity index is 1260. The van der Waals surface area contributed by atoms with Crippen LogP contribution in [0.2, 0.25) is 15.1 Å². The van der Waals surface area contributed by atoms with Gasteiger partial charge in [0.15, 0.2) is 0 Å². The number of aromatic nitrogens is 1. The Morgan fingerprint density at radius 3 is 2.56 bits per heavy atom. The molecule has 2 aromatic carbocycles. The Morgan fingerprint density at radius 2 is 1.81 bits per heavy atom. The van der Waals surface area contributed by atoms with Gasteiger partial charge in [-0.15, -0.1) is 11.3 Å². The quantitative estimate of drug-likeness (QED) is 0.339. The number of carbonyl (C=O) groups excluding carboxylic acids is 1. The second-order valence-corrected chi connectivity index (χ2v) is 11.0. The van der Waals surface area contributed by atoms with Crippen LogP contribution in [0.1, 0.15) is 52.4 Å². The van der Waals surface area contributed by atoms with Crippen LogP contribution in [0.15, 0.2) is 35.7 Å². The van der Waals surface area contributed by atoms with Crippen LogP contribution in [0.5, 0.6) is 5.75 Å². The van der Waals surface area contributed by atoms with Gasteiger partial charge >= 0.3 is 0 Å². The normalized spacial score (nSPS) is 18.6. The Hall–Kier alpha value is -1.87. The minimum atomic E-state index is -0.577. The molecule has 5 rings (SSSR count). The summed E-state index contributed by atoms with van der Waals surface area (Å²) in [6.07, 6.45) is 1.38. The molecule has 0 bridgehead atoms. The third-order valence-electron chi connectivity index (χ3n) is 6.64. The number of methoxy groups -OCH3 is 1. The number of fused-ring (bicyclic) bond motifs is 1. The summed E-state index contributed by atoms with van der Waals surface area (Å²) in [5.41, 5.74) is 3.29. The molecule has 190 valence electrons. The van der Waals surface area contributed by atoms with Gasteiger partial charge in [0.1, 0.15) is 11.4 Å². The number of piperidine rings is 1. The van der Waals surface area contributed by atoms with E-state index in [9.17, 15) is 4.79 Å². The average Bonchev–Trinajstić information content (AvgIpc) is 3.26. The second kappa shape index (κ2) is 11.3. The predicted molar refractivity (Wildman–Crippen MR) is 141 cm³/mol. The highest BCUT2D eigenvalue weighted by Gasteiger charge is 2.29. The standard InChI is InChI=1S/C26H25Cl3N2O4S/c1-33-23-5-4-21(29)18-12-34-26(35-13-19(18)23)22-14-36-25(30-22)15-6-8-31(9-7-15)24(32)11-16-10-17(27)2-3-20(16)28/h2-5,10,14-15,26H,6-9,11-13H2,1H3. The molecule has 1 saturated heterocycles. The van der Waals surface area contributed by atoms with Crippen molar-refractivity contribution in [2.75, 3.05) is 20.2 Å². The Balaban J connectivity index is 1.19. The first-order valence-corrected chi connectivity index (χ1v) is 13.7. The van der Waals surface area contributed by atoms with E-state index >= 15 is 0 Å². The van der Waals surface area contributed by atoms with Crippen molar-refractivity contribution in [2.24, 2.45) is 0 Å². The molecular weight excluding hydrogens is 543 g/mol. The zero-order valence-corrected chi connectivity index (χ0v) is 22.7. The Morgan fingerprint density at radius 1 is 1.08 bits per heavy atom. The number of rotatable bonds is 5. The second-order valence-electron chi connectivity index (χ2n) is 8.84. The van der Waals surface area contributed by atoms with Crippen molar-refractivity contribution in [3.05, 3.63) is 78.2 Å². The summed E-state index contributed by atoms with van der Waals surface area (Å²) in [7, 11) is 1.63. The summed E-state index contributed by atoms with van der Waals surface area (Å²) >= 11 is 20.3. The van der Waals surface area contributed by atoms with Gasteiger partial charge in [-0.05, 0) is 48.7 Å². The number of hydrogen-bond donors (Lipinski definition) is 0. The highest BCUT2D eigenvalue weighted by molar-refractivity contribution is 7.09. The number of hydrogen-bond acceptors (Lipinski definition) is 6. The molecule has 0 spiro atoms. The lowest BCUT2D eigenvalue weighted by Gasteiger charge is -2.31. The lowest BCUT2D eigenvalue weighted by atomic mass is 9.97. The molecular formula is C26H25Cl3N2O4S. The van der Waals surface area contributed by atoms with Crippen LogP contribution >= 0.6 is 46.1 Å². The van der Waals surface area contributed by atoms with Gasteiger partial charge in [0.2, 0.25) is 12.2 Å². The molecule has 0 radical (unpaired) electrons. The molecule has 6 nitrogen and oxygen atoms in total. The molecule has 2 aliphatic rings. The predicted octanol–water partition coefficient (Wildman–Crippen LogP) is 6.81. The molecule has 1 fully saturated rings. The monoisotopic (exact) mass is 566 g/mol. The van der Waals surface area contributed by atoms with Crippen molar-refractivity contribution in [3.63, 3.8) is 0 Å². The molecule has 0 aliphatic carbocycles. The number of nitrogens with zero attached hydrogens (tertiary/aromatic N) is 2. The number of thiazole rings is 1. The topological polar surface area (TPSA) is 60.9 Å². The number of benzene rings is 2. The average molecular weight is 568 g/mol. The molecule has 36 heavy (non-hydrogen) atoms. The highest BCUT2D eigenvalue weighted by Crippen LogP contribution is 2.37. The fourth-order valence-corrected chi connectivity index (χ4v) is 6.21. The summed E-state index contributed by atoms with van der Waals surface area (Å²) in [6, 6.07) is 8.86. The van der Waals surface area contributed by atoms with Crippen molar-refractivity contribution < 1.29 is 19.0 Å². The molecule has 0 N–H and O–H groups in total. The Labute approximate surface area is 229 Å². The Kier molecular flexibility index (Phi) is 8.05. The van der Waals surface area contributed by atoms with Gasteiger partial charge in [0.25, 0.3) is 0 Å². The van der Waals surface area contributed by atoms with E-state index in [4.69, 9.17) is 54.0 Å². The van der Waals surface area contributed by atoms with Crippen molar-refractivity contribution in [3.8, 4) is 5.75 Å². The van der Waals surface area contributed by atoms with Crippen LogP contribution in [0.4, 0.5) is 0 Å². The van der Waals surface area contributed by atoms with Crippen LogP contribution < -0.4 is 4.74 Å². The zero-order chi connectivity index (χ0) is 25.2. The molecule has 3 heterocycles. The van der Waals surface area contributed by atoms with E-state index in [0.29, 0.717) is 47.3 Å². The van der Waals surface area contributed by atoms with Crippen LogP contribution in [0.3, 0.4) is 0 Å². The fourth-order valence-electron chi connectivity index (χ4n) is 4.61. The molecule has 3 aromatic rings. The maximum absolute atomic E-state index is 12.8. The summed E-state index contributed by atoms with van der Waals surface area (Å²) in [5.74, 6) is 1.09. The van der Waals surface area contributed by atoms with E-state index in [2.05, 4.69) is 0 Å². The van der Waals surface area contributed by atoms with Gasteiger partial charge in [-0.3, -0.25) is 4.79 Å². The van der Waals surface area contributed by atoms with Crippen LogP contribution in [0, 0.1) is 0 Å². The van der Waals surface area contributed by atoms with E-state index in [1.807, 2.05) is 22.4 Å². The first kappa shape index (κ1) is 25.8. The van der Waals surface area contributed by atoms with Crippen molar-refractivity contribution >= 4 is 52.0 Å². The lowest BCUT2D eigenvalue weighted by Crippen LogP contribution is -2.38. The number of amides is 1. The SMILES string of the molecule is COc1ccc(Cl)c2c1COC(c1csc(C3CCN(C(=O)Cc4cc(Cl)ccc4Cl)CC3)n1)OC2. The number of ether oxygens (including phenoxy) is 3. The van der Waals surface area contributed by atoms with Crippen LogP contribution in [-0.4, -0.2) is 36.0 Å². The van der Waals surface area contributed by atoms with Gasteiger partial charge in [0.05, 0.1) is 31.8 Å². The van der Waals surface area contributed by atoms with Crippen molar-refractivity contribution in [2.45, 2.75) is 44.7 Å².